The van der Waals surface area contributed by atoms with Gasteiger partial charge in [0, 0.05) is 18.7 Å². The molecule has 4 rings (SSSR count). The van der Waals surface area contributed by atoms with Gasteiger partial charge >= 0.3 is 0 Å². The van der Waals surface area contributed by atoms with Gasteiger partial charge in [-0.15, -0.1) is 0 Å². The number of hydrogen-bond acceptors (Lipinski definition) is 4. The number of nitrogens with zero attached hydrogens (tertiary/aromatic N) is 2. The van der Waals surface area contributed by atoms with Gasteiger partial charge in [-0.1, -0.05) is 18.6 Å². The number of nitrogens with two attached hydrogens (primary N) is 1. The lowest BCUT2D eigenvalue weighted by atomic mass is 9.83. The fraction of sp³-hybridized carbons (Fsp3) is 0.652. The molecule has 3 N–H and O–H groups in total. The molecule has 0 bridgehead atoms. The van der Waals surface area contributed by atoms with Gasteiger partial charge < -0.3 is 16.0 Å². The largest absolute Gasteiger partial charge is 0.368 e. The number of hydrogen-bond donors (Lipinski definition) is 2. The summed E-state index contributed by atoms with van der Waals surface area (Å²) in [6.45, 7) is 5.26. The van der Waals surface area contributed by atoms with Gasteiger partial charge in [-0.05, 0) is 88.3 Å². The van der Waals surface area contributed by atoms with E-state index in [0.717, 1.165) is 51.0 Å². The maximum atomic E-state index is 13.0. The summed E-state index contributed by atoms with van der Waals surface area (Å²) >= 11 is 0. The maximum absolute atomic E-state index is 13.0. The molecule has 3 saturated heterocycles. The standard InChI is InChI=1S/C23H34N4O2/c24-22(29)23(27-12-2-1-3-13-27)9-14-26(15-10-23)21(28)20-6-4-18(5-7-20)16-19-8-11-25-17-19/h4-7,19,25H,1-3,8-17H2,(H2,24,29). The Morgan fingerprint density at radius 1 is 1.03 bits per heavy atom. The number of primary amides is 1. The van der Waals surface area contributed by atoms with Gasteiger partial charge in [-0.25, -0.2) is 0 Å². The first-order valence-corrected chi connectivity index (χ1v) is 11.2. The zero-order valence-corrected chi connectivity index (χ0v) is 17.4. The van der Waals surface area contributed by atoms with Crippen LogP contribution in [0.3, 0.4) is 0 Å². The molecule has 0 aromatic heterocycles. The van der Waals surface area contributed by atoms with E-state index in [1.165, 1.54) is 18.4 Å². The molecule has 3 aliphatic rings. The van der Waals surface area contributed by atoms with E-state index in [1.807, 2.05) is 17.0 Å². The molecule has 0 radical (unpaired) electrons. The SMILES string of the molecule is NC(=O)C1(N2CCCCC2)CCN(C(=O)c2ccc(CC3CCNC3)cc2)CC1. The highest BCUT2D eigenvalue weighted by atomic mass is 16.2. The number of nitrogens with one attached hydrogen (secondary N) is 1. The normalized spacial score (nSPS) is 25.1. The molecule has 3 fully saturated rings. The first-order chi connectivity index (χ1) is 14.1. The molecule has 3 heterocycles. The van der Waals surface area contributed by atoms with Gasteiger partial charge in [0.2, 0.25) is 5.91 Å². The highest BCUT2D eigenvalue weighted by molar-refractivity contribution is 5.94. The fourth-order valence-corrected chi connectivity index (χ4v) is 5.31. The van der Waals surface area contributed by atoms with E-state index in [1.54, 1.807) is 0 Å². The van der Waals surface area contributed by atoms with Crippen molar-refractivity contribution in [3.8, 4) is 0 Å². The highest BCUT2D eigenvalue weighted by Crippen LogP contribution is 2.32. The van der Waals surface area contributed by atoms with Crippen molar-refractivity contribution in [3.63, 3.8) is 0 Å². The van der Waals surface area contributed by atoms with Crippen LogP contribution in [0, 0.1) is 5.92 Å². The Kier molecular flexibility index (Phi) is 6.20. The van der Waals surface area contributed by atoms with E-state index in [9.17, 15) is 9.59 Å². The lowest BCUT2D eigenvalue weighted by Crippen LogP contribution is -2.63. The van der Waals surface area contributed by atoms with Gasteiger partial charge in [0.1, 0.15) is 5.54 Å². The summed E-state index contributed by atoms with van der Waals surface area (Å²) in [4.78, 5) is 29.5. The van der Waals surface area contributed by atoms with Crippen LogP contribution < -0.4 is 11.1 Å². The van der Waals surface area contributed by atoms with Crippen molar-refractivity contribution in [1.29, 1.82) is 0 Å². The second kappa shape index (κ2) is 8.84. The Morgan fingerprint density at radius 3 is 2.31 bits per heavy atom. The maximum Gasteiger partial charge on any atom is 0.253 e. The average molecular weight is 399 g/mol. The van der Waals surface area contributed by atoms with E-state index in [4.69, 9.17) is 5.73 Å². The monoisotopic (exact) mass is 398 g/mol. The molecule has 0 aliphatic carbocycles. The number of rotatable bonds is 5. The first-order valence-electron chi connectivity index (χ1n) is 11.2. The summed E-state index contributed by atoms with van der Waals surface area (Å²) in [5.74, 6) is 0.545. The summed E-state index contributed by atoms with van der Waals surface area (Å²) in [6, 6.07) is 8.11. The van der Waals surface area contributed by atoms with Crippen molar-refractivity contribution in [3.05, 3.63) is 35.4 Å². The van der Waals surface area contributed by atoms with Gasteiger partial charge in [0.15, 0.2) is 0 Å². The number of amides is 2. The Hall–Kier alpha value is -1.92. The molecular weight excluding hydrogens is 364 g/mol. The third-order valence-electron chi connectivity index (χ3n) is 7.19. The smallest absolute Gasteiger partial charge is 0.253 e. The topological polar surface area (TPSA) is 78.7 Å². The summed E-state index contributed by atoms with van der Waals surface area (Å²) in [6.07, 6.45) is 7.06. The van der Waals surface area contributed by atoms with Crippen LogP contribution in [0.1, 0.15) is 54.4 Å². The number of carbonyl (C=O) groups is 2. The van der Waals surface area contributed by atoms with Crippen molar-refractivity contribution in [2.75, 3.05) is 39.3 Å². The van der Waals surface area contributed by atoms with Crippen molar-refractivity contribution >= 4 is 11.8 Å². The minimum absolute atomic E-state index is 0.0656. The molecule has 1 aromatic rings. The molecule has 29 heavy (non-hydrogen) atoms. The number of carbonyl (C=O) groups excluding carboxylic acids is 2. The number of likely N-dealkylation sites (tertiary alicyclic amines) is 2. The van der Waals surface area contributed by atoms with Crippen LogP contribution in [-0.4, -0.2) is 66.4 Å². The minimum atomic E-state index is -0.573. The lowest BCUT2D eigenvalue weighted by molar-refractivity contribution is -0.134. The zero-order chi connectivity index (χ0) is 20.3. The predicted octanol–water partition coefficient (Wildman–Crippen LogP) is 1.78. The summed E-state index contributed by atoms with van der Waals surface area (Å²) in [5, 5.41) is 3.41. The molecule has 0 saturated carbocycles. The Balaban J connectivity index is 1.37. The van der Waals surface area contributed by atoms with Gasteiger partial charge in [-0.3, -0.25) is 14.5 Å². The summed E-state index contributed by atoms with van der Waals surface area (Å²) < 4.78 is 0. The second-order valence-corrected chi connectivity index (χ2v) is 9.00. The third kappa shape index (κ3) is 4.33. The van der Waals surface area contributed by atoms with Crippen LogP contribution in [0.2, 0.25) is 0 Å². The van der Waals surface area contributed by atoms with Crippen LogP contribution >= 0.6 is 0 Å². The van der Waals surface area contributed by atoms with E-state index in [-0.39, 0.29) is 11.8 Å². The van der Waals surface area contributed by atoms with E-state index in [2.05, 4.69) is 22.3 Å². The Labute approximate surface area is 173 Å². The molecule has 158 valence electrons. The molecule has 1 aromatic carbocycles. The molecule has 3 aliphatic heterocycles. The van der Waals surface area contributed by atoms with Gasteiger partial charge in [0.05, 0.1) is 0 Å². The van der Waals surface area contributed by atoms with Crippen LogP contribution in [0.5, 0.6) is 0 Å². The van der Waals surface area contributed by atoms with Crippen molar-refractivity contribution in [2.24, 2.45) is 11.7 Å². The minimum Gasteiger partial charge on any atom is -0.368 e. The van der Waals surface area contributed by atoms with Crippen LogP contribution in [0.15, 0.2) is 24.3 Å². The summed E-state index contributed by atoms with van der Waals surface area (Å²) in [5.41, 5.74) is 7.32. The van der Waals surface area contributed by atoms with Gasteiger partial charge in [-0.2, -0.15) is 0 Å². The molecule has 6 nitrogen and oxygen atoms in total. The quantitative estimate of drug-likeness (QED) is 0.793. The van der Waals surface area contributed by atoms with Crippen LogP contribution in [0.25, 0.3) is 0 Å². The number of benzene rings is 1. The third-order valence-corrected chi connectivity index (χ3v) is 7.19. The van der Waals surface area contributed by atoms with Crippen LogP contribution in [0.4, 0.5) is 0 Å². The molecule has 1 unspecified atom stereocenters. The fourth-order valence-electron chi connectivity index (χ4n) is 5.31. The van der Waals surface area contributed by atoms with Crippen molar-refractivity contribution in [1.82, 2.24) is 15.1 Å². The van der Waals surface area contributed by atoms with Crippen molar-refractivity contribution < 1.29 is 9.59 Å². The molecule has 0 spiro atoms. The second-order valence-electron chi connectivity index (χ2n) is 9.00. The Morgan fingerprint density at radius 2 is 1.72 bits per heavy atom. The lowest BCUT2D eigenvalue weighted by Gasteiger charge is -2.48. The van der Waals surface area contributed by atoms with Gasteiger partial charge in [0.25, 0.3) is 5.91 Å². The molecular formula is C23H34N4O2. The highest BCUT2D eigenvalue weighted by Gasteiger charge is 2.45. The zero-order valence-electron chi connectivity index (χ0n) is 17.4. The summed E-state index contributed by atoms with van der Waals surface area (Å²) in [7, 11) is 0. The van der Waals surface area contributed by atoms with E-state index < -0.39 is 5.54 Å². The molecule has 2 amide bonds. The number of piperidine rings is 2. The molecule has 6 heteroatoms. The average Bonchev–Trinajstić information content (AvgIpc) is 3.27. The van der Waals surface area contributed by atoms with E-state index >= 15 is 0 Å². The Bertz CT molecular complexity index is 713. The first kappa shape index (κ1) is 20.4. The van der Waals surface area contributed by atoms with E-state index in [0.29, 0.717) is 31.8 Å². The predicted molar refractivity (Wildman–Crippen MR) is 114 cm³/mol. The molecule has 1 atom stereocenters. The van der Waals surface area contributed by atoms with Crippen LogP contribution in [-0.2, 0) is 11.2 Å². The van der Waals surface area contributed by atoms with Crippen molar-refractivity contribution in [2.45, 2.75) is 50.5 Å².